The topological polar surface area (TPSA) is 15.7 Å². The fourth-order valence-corrected chi connectivity index (χ4v) is 21.9. The molecule has 15 rings (SSSR count). The molecule has 17 atom stereocenters. The predicted octanol–water partition coefficient (Wildman–Crippen LogP) is 21.4. The molecule has 1 heterocycles. The first-order valence-corrected chi connectivity index (χ1v) is 36.3. The fraction of sp³-hybridized carbons (Fsp3) is 0.553. The molecule has 3 nitrogen and oxygen atoms in total. The van der Waals surface area contributed by atoms with E-state index in [1.165, 1.54) is 116 Å². The van der Waals surface area contributed by atoms with Gasteiger partial charge in [-0.25, -0.2) is 0 Å². The third-order valence-electron chi connectivity index (χ3n) is 26.4. The van der Waals surface area contributed by atoms with E-state index >= 15 is 0 Å². The number of rotatable bonds is 13. The Morgan fingerprint density at radius 2 is 1.53 bits per heavy atom. The van der Waals surface area contributed by atoms with Crippen LogP contribution in [0, 0.1) is 93.7 Å². The molecule has 1 aliphatic heterocycles. The van der Waals surface area contributed by atoms with Crippen molar-refractivity contribution in [3.63, 3.8) is 0 Å². The number of ether oxygens (including phenoxy) is 1. The summed E-state index contributed by atoms with van der Waals surface area (Å²) in [6.07, 6.45) is 84.5. The largest absolute Gasteiger partial charge is 0.490 e. The van der Waals surface area contributed by atoms with E-state index in [2.05, 4.69) is 196 Å². The van der Waals surface area contributed by atoms with Crippen LogP contribution in [-0.4, -0.2) is 34.0 Å². The van der Waals surface area contributed by atoms with Gasteiger partial charge in [-0.1, -0.05) is 173 Å². The number of nitrogens with zero attached hydrogens (tertiary/aromatic N) is 2. The minimum absolute atomic E-state index is 0.161. The van der Waals surface area contributed by atoms with Gasteiger partial charge in [0.25, 0.3) is 0 Å². The summed E-state index contributed by atoms with van der Waals surface area (Å²) in [5.41, 5.74) is 14.6. The molecular weight excluding hydrogens is 1060 g/mol. The van der Waals surface area contributed by atoms with Crippen molar-refractivity contribution in [2.75, 3.05) is 0 Å². The van der Waals surface area contributed by atoms with Crippen molar-refractivity contribution in [1.82, 2.24) is 9.80 Å². The standard InChI is InChI=1S/C85H106N2O/c1-7-56-18-24-59(25-19-56)63-31-50-82-78(52-63)79-53-64(32-51-83(79)87(82)69-39-20-57(8-2)21-40-69)60-28-41-68(42-29-60)86(70-43-30-62-27-26-61-14-10-11-15-74(61)77(62)54-70)71-44-49-76-75-16-12-13-17-80(75)85(81(76)55-71,66-35-33-65(34-36-66)84(4,5)6)67-37-47-73(48-38-67)88-72-45-22-58(9-3)23-46-72/h7-10,14,20,22-23,26-28,30,33,35,37,39,41,43-46,49-50,52-53,56-57,59,61,63,65-66,69,71,73-77,79-81,83H,1-3,11-13,15-19,21,24-25,29,31-32,34,36,38,40,42,47-48,51,54-55H2,4-6H3. The third-order valence-corrected chi connectivity index (χ3v) is 26.4. The van der Waals surface area contributed by atoms with E-state index in [1.807, 2.05) is 11.6 Å². The van der Waals surface area contributed by atoms with Gasteiger partial charge in [-0.3, -0.25) is 0 Å². The lowest BCUT2D eigenvalue weighted by Gasteiger charge is -2.54. The van der Waals surface area contributed by atoms with E-state index in [-0.39, 0.29) is 16.9 Å². The minimum Gasteiger partial charge on any atom is -0.490 e. The first-order valence-electron chi connectivity index (χ1n) is 36.3. The first kappa shape index (κ1) is 58.8. The lowest BCUT2D eigenvalue weighted by Crippen LogP contribution is -2.48. The normalized spacial score (nSPS) is 39.8. The van der Waals surface area contributed by atoms with Crippen molar-refractivity contribution in [1.29, 1.82) is 0 Å². The zero-order chi connectivity index (χ0) is 59.7. The summed E-state index contributed by atoms with van der Waals surface area (Å²) in [7, 11) is 0. The molecule has 0 N–H and O–H groups in total. The van der Waals surface area contributed by atoms with Gasteiger partial charge in [-0.15, -0.1) is 13.2 Å². The Morgan fingerprint density at radius 3 is 2.28 bits per heavy atom. The van der Waals surface area contributed by atoms with E-state index < -0.39 is 0 Å². The Kier molecular flexibility index (Phi) is 16.4. The van der Waals surface area contributed by atoms with Gasteiger partial charge in [0.05, 0.1) is 6.04 Å². The molecule has 17 unspecified atom stereocenters. The fourth-order valence-electron chi connectivity index (χ4n) is 21.9. The third kappa shape index (κ3) is 10.7. The molecule has 0 radical (unpaired) electrons. The highest BCUT2D eigenvalue weighted by Gasteiger charge is 2.64. The highest BCUT2D eigenvalue weighted by atomic mass is 16.5. The highest BCUT2D eigenvalue weighted by molar-refractivity contribution is 5.52. The van der Waals surface area contributed by atoms with E-state index in [4.69, 9.17) is 4.74 Å². The molecule has 1 saturated heterocycles. The molecule has 14 aliphatic rings. The van der Waals surface area contributed by atoms with E-state index in [9.17, 15) is 0 Å². The zero-order valence-corrected chi connectivity index (χ0v) is 54.2. The Morgan fingerprint density at radius 1 is 0.670 bits per heavy atom. The second-order valence-corrected chi connectivity index (χ2v) is 31.6. The molecular formula is C85H106N2O. The molecule has 88 heavy (non-hydrogen) atoms. The summed E-state index contributed by atoms with van der Waals surface area (Å²) in [6.45, 7) is 19.9. The monoisotopic (exact) mass is 1170 g/mol. The van der Waals surface area contributed by atoms with Crippen molar-refractivity contribution in [3.8, 4) is 5.75 Å². The second kappa shape index (κ2) is 24.6. The van der Waals surface area contributed by atoms with Crippen LogP contribution in [0.25, 0.3) is 6.08 Å². The molecule has 13 aliphatic carbocycles. The second-order valence-electron chi connectivity index (χ2n) is 31.6. The van der Waals surface area contributed by atoms with Gasteiger partial charge < -0.3 is 14.5 Å². The number of hydrogen-bond acceptors (Lipinski definition) is 3. The van der Waals surface area contributed by atoms with Crippen LogP contribution in [0.15, 0.2) is 210 Å². The molecule has 1 aromatic rings. The molecule has 0 aromatic heterocycles. The quantitative estimate of drug-likeness (QED) is 0.183. The number of likely N-dealkylation sites (tertiary alicyclic amines) is 1. The van der Waals surface area contributed by atoms with Crippen LogP contribution in [0.5, 0.6) is 5.75 Å². The molecule has 0 amide bonds. The maximum Gasteiger partial charge on any atom is 0.119 e. The number of benzene rings is 1. The maximum absolute atomic E-state index is 6.85. The van der Waals surface area contributed by atoms with Gasteiger partial charge in [0.1, 0.15) is 11.9 Å². The summed E-state index contributed by atoms with van der Waals surface area (Å²) in [5.74, 6) is 9.90. The van der Waals surface area contributed by atoms with E-state index in [0.717, 1.165) is 67.6 Å². The Bertz CT molecular complexity index is 3260. The van der Waals surface area contributed by atoms with Crippen molar-refractivity contribution in [3.05, 3.63) is 216 Å². The van der Waals surface area contributed by atoms with Crippen LogP contribution in [0.4, 0.5) is 0 Å². The SMILES string of the molecule is C=Cc1ccc(OC2CC=C(C3(C4C=CC(C(C)(C)C)CC4)C4CC(N(C5=CC=C(C6=CC7C8=CC(C9CCC(C=C)CC9)CC=C8N(C8C=CC(C=C)CC8)C7CC6)CC5)C5=CC=C6C=CC7C=CCCC7C6C5)C=CC4C4CCCCC43)CC2)cc1. The summed E-state index contributed by atoms with van der Waals surface area (Å²) >= 11 is 0. The molecule has 4 fully saturated rings. The van der Waals surface area contributed by atoms with E-state index in [1.54, 1.807) is 39.4 Å². The van der Waals surface area contributed by atoms with Gasteiger partial charge in [0.2, 0.25) is 0 Å². The van der Waals surface area contributed by atoms with Crippen LogP contribution in [0.1, 0.15) is 180 Å². The average molecular weight is 1170 g/mol. The average Bonchev–Trinajstić information content (AvgIpc) is 1.53. The summed E-state index contributed by atoms with van der Waals surface area (Å²) in [6, 6.07) is 9.96. The first-order chi connectivity index (χ1) is 43.1. The van der Waals surface area contributed by atoms with Gasteiger partial charge in [0, 0.05) is 46.9 Å². The molecule has 0 bridgehead atoms. The summed E-state index contributed by atoms with van der Waals surface area (Å²) < 4.78 is 6.85. The lowest BCUT2D eigenvalue weighted by molar-refractivity contribution is 0.0468. The number of fused-ring (bicyclic) bond motifs is 9. The molecule has 0 spiro atoms. The van der Waals surface area contributed by atoms with Gasteiger partial charge in [-0.2, -0.15) is 0 Å². The number of allylic oxidation sites excluding steroid dienone is 23. The Labute approximate surface area is 532 Å². The van der Waals surface area contributed by atoms with Crippen LogP contribution >= 0.6 is 0 Å². The highest BCUT2D eigenvalue weighted by Crippen LogP contribution is 2.71. The molecule has 462 valence electrons. The van der Waals surface area contributed by atoms with Crippen LogP contribution in [0.2, 0.25) is 0 Å². The maximum atomic E-state index is 6.85. The molecule has 1 aromatic carbocycles. The van der Waals surface area contributed by atoms with Crippen molar-refractivity contribution < 1.29 is 4.74 Å². The van der Waals surface area contributed by atoms with Gasteiger partial charge in [-0.05, 0) is 269 Å². The van der Waals surface area contributed by atoms with Crippen LogP contribution in [0.3, 0.4) is 0 Å². The van der Waals surface area contributed by atoms with Crippen LogP contribution < -0.4 is 4.74 Å². The van der Waals surface area contributed by atoms with Gasteiger partial charge >= 0.3 is 0 Å². The predicted molar refractivity (Wildman–Crippen MR) is 368 cm³/mol. The Balaban J connectivity index is 0.781. The Hall–Kier alpha value is -5.54. The zero-order valence-electron chi connectivity index (χ0n) is 54.2. The smallest absolute Gasteiger partial charge is 0.119 e. The van der Waals surface area contributed by atoms with E-state index in [0.29, 0.717) is 83.2 Å². The molecule has 3 heteroatoms. The van der Waals surface area contributed by atoms with Crippen molar-refractivity contribution >= 4 is 6.08 Å². The summed E-state index contributed by atoms with van der Waals surface area (Å²) in [5, 5.41) is 0. The van der Waals surface area contributed by atoms with Gasteiger partial charge in [0.15, 0.2) is 0 Å². The van der Waals surface area contributed by atoms with Crippen LogP contribution in [-0.2, 0) is 0 Å². The van der Waals surface area contributed by atoms with Crippen molar-refractivity contribution in [2.45, 2.75) is 199 Å². The van der Waals surface area contributed by atoms with Crippen molar-refractivity contribution in [2.24, 2.45) is 93.7 Å². The lowest BCUT2D eigenvalue weighted by atomic mass is 9.52. The number of hydrogen-bond donors (Lipinski definition) is 0. The minimum atomic E-state index is 0.161. The summed E-state index contributed by atoms with van der Waals surface area (Å²) in [4.78, 5) is 5.95. The molecule has 3 saturated carbocycles.